The van der Waals surface area contributed by atoms with E-state index in [4.69, 9.17) is 10.5 Å². The van der Waals surface area contributed by atoms with Crippen LogP contribution in [0.2, 0.25) is 0 Å². The van der Waals surface area contributed by atoms with Crippen LogP contribution in [0.25, 0.3) is 0 Å². The fourth-order valence-corrected chi connectivity index (χ4v) is 3.56. The van der Waals surface area contributed by atoms with Crippen LogP contribution in [0.4, 0.5) is 11.4 Å². The van der Waals surface area contributed by atoms with Gasteiger partial charge in [-0.05, 0) is 30.5 Å². The van der Waals surface area contributed by atoms with E-state index in [1.807, 2.05) is 25.1 Å². The number of hydrogen-bond acceptors (Lipinski definition) is 4. The number of nitrogens with two attached hydrogens (primary N) is 1. The van der Waals surface area contributed by atoms with Gasteiger partial charge in [-0.2, -0.15) is 18.9 Å². The van der Waals surface area contributed by atoms with Gasteiger partial charge in [-0.15, -0.1) is 26.5 Å². The number of methoxy groups -OCH3 is 1. The van der Waals surface area contributed by atoms with Crippen LogP contribution in [-0.4, -0.2) is 19.3 Å². The summed E-state index contributed by atoms with van der Waals surface area (Å²) in [6.45, 7) is 5.65. The van der Waals surface area contributed by atoms with E-state index in [0.717, 1.165) is 47.2 Å². The molecule has 1 aliphatic carbocycles. The molecule has 0 bridgehead atoms. The first-order valence-electron chi connectivity index (χ1n) is 9.42. The van der Waals surface area contributed by atoms with Crippen molar-refractivity contribution >= 4 is 39.5 Å². The quantitative estimate of drug-likeness (QED) is 0.385. The molecule has 3 N–H and O–H groups in total. The molecule has 0 unspecified atom stereocenters. The number of nitrogen functional groups attached to an aromatic ring is 1. The van der Waals surface area contributed by atoms with Crippen molar-refractivity contribution in [2.45, 2.75) is 32.6 Å². The number of nitrogens with one attached hydrogen (secondary N) is 1. The molecule has 1 fully saturated rings. The molecule has 1 aliphatic rings. The van der Waals surface area contributed by atoms with Gasteiger partial charge in [0.05, 0.1) is 7.11 Å². The Morgan fingerprint density at radius 3 is 2.57 bits per heavy atom. The molecule has 0 aliphatic heterocycles. The van der Waals surface area contributed by atoms with Crippen LogP contribution in [0.3, 0.4) is 0 Å². The van der Waals surface area contributed by atoms with Crippen molar-refractivity contribution in [3.05, 3.63) is 64.8 Å². The van der Waals surface area contributed by atoms with Crippen LogP contribution in [0.5, 0.6) is 5.75 Å². The maximum atomic E-state index is 12.1. The van der Waals surface area contributed by atoms with Gasteiger partial charge in [0, 0.05) is 17.7 Å². The Labute approximate surface area is 230 Å². The predicted molar refractivity (Wildman–Crippen MR) is 120 cm³/mol. The Balaban J connectivity index is 0.000000324. The smallest absolute Gasteiger partial charge is 0.496 e. The van der Waals surface area contributed by atoms with Crippen LogP contribution in [0.15, 0.2) is 34.8 Å². The third-order valence-corrected chi connectivity index (χ3v) is 5.52. The molecule has 0 saturated heterocycles. The second-order valence-electron chi connectivity index (χ2n) is 6.94. The van der Waals surface area contributed by atoms with Crippen molar-refractivity contribution in [1.29, 1.82) is 0 Å². The third-order valence-electron chi connectivity index (χ3n) is 4.81. The topological polar surface area (TPSA) is 81.4 Å². The zero-order chi connectivity index (χ0) is 21.4. The second-order valence-corrected chi connectivity index (χ2v) is 7.80. The first-order valence-corrected chi connectivity index (χ1v) is 10.2. The van der Waals surface area contributed by atoms with Gasteiger partial charge in [-0.1, -0.05) is 18.9 Å². The zero-order valence-corrected chi connectivity index (χ0v) is 22.5. The Bertz CT molecular complexity index is 868. The molecule has 0 spiro atoms. The van der Waals surface area contributed by atoms with Gasteiger partial charge in [0.1, 0.15) is 5.75 Å². The van der Waals surface area contributed by atoms with Crippen LogP contribution >= 0.6 is 15.9 Å². The average molecular weight is 497 g/mol. The third kappa shape index (κ3) is 8.02. The van der Waals surface area contributed by atoms with Crippen LogP contribution in [-0.2, 0) is 9.59 Å². The van der Waals surface area contributed by atoms with E-state index in [-0.39, 0.29) is 63.2 Å². The summed E-state index contributed by atoms with van der Waals surface area (Å²) in [5, 5.41) is 2.98. The summed E-state index contributed by atoms with van der Waals surface area (Å²) in [5.41, 5.74) is 8.91. The molecule has 1 saturated carbocycles. The number of anilines is 2. The summed E-state index contributed by atoms with van der Waals surface area (Å²) in [5.74, 6) is 1.10. The second kappa shape index (κ2) is 13.6. The average Bonchev–Trinajstić information content (AvgIpc) is 2.73. The molecule has 0 aromatic heterocycles. The summed E-state index contributed by atoms with van der Waals surface area (Å²) in [7, 11) is 1.64. The zero-order valence-electron chi connectivity index (χ0n) is 17.8. The van der Waals surface area contributed by atoms with Gasteiger partial charge >= 0.3 is 51.4 Å². The summed E-state index contributed by atoms with van der Waals surface area (Å²) >= 11 is 3.22. The minimum absolute atomic E-state index is 0. The Kier molecular flexibility index (Phi) is 12.3. The van der Waals surface area contributed by atoms with E-state index < -0.39 is 0 Å². The molecular weight excluding hydrogens is 471 g/mol. The van der Waals surface area contributed by atoms with Crippen molar-refractivity contribution in [3.63, 3.8) is 0 Å². The molecule has 1 amide bonds. The fourth-order valence-electron chi connectivity index (χ4n) is 3.08. The molecule has 30 heavy (non-hydrogen) atoms. The summed E-state index contributed by atoms with van der Waals surface area (Å²) in [6, 6.07) is 9.00. The molecule has 5 nitrogen and oxygen atoms in total. The van der Waals surface area contributed by atoms with Gasteiger partial charge in [-0.25, -0.2) is 0 Å². The number of aryl methyl sites for hydroxylation is 1. The van der Waals surface area contributed by atoms with Crippen molar-refractivity contribution in [3.8, 4) is 5.75 Å². The van der Waals surface area contributed by atoms with E-state index in [1.54, 1.807) is 25.5 Å². The molecule has 7 heteroatoms. The number of amides is 1. The number of halogens is 1. The van der Waals surface area contributed by atoms with Crippen LogP contribution < -0.4 is 67.2 Å². The number of benzene rings is 2. The monoisotopic (exact) mass is 496 g/mol. The maximum Gasteiger partial charge on any atom is 1.00 e. The first-order chi connectivity index (χ1) is 13.8. The largest absolute Gasteiger partial charge is 1.00 e. The van der Waals surface area contributed by atoms with Crippen LogP contribution in [0, 0.1) is 26.2 Å². The van der Waals surface area contributed by atoms with Gasteiger partial charge in [0.2, 0.25) is 5.91 Å². The first kappa shape index (κ1) is 27.2. The number of ether oxygens (including phenoxy) is 1. The Morgan fingerprint density at radius 1 is 1.30 bits per heavy atom. The molecule has 0 radical (unpaired) electrons. The molecule has 2 aromatic rings. The number of carbonyl (C=O) groups excluding carboxylic acids is 2. The van der Waals surface area contributed by atoms with E-state index >= 15 is 0 Å². The van der Waals surface area contributed by atoms with Crippen molar-refractivity contribution in [2.75, 3.05) is 18.2 Å². The van der Waals surface area contributed by atoms with E-state index in [1.165, 1.54) is 0 Å². The van der Waals surface area contributed by atoms with Crippen molar-refractivity contribution < 1.29 is 65.7 Å². The minimum Gasteiger partial charge on any atom is -0.496 e. The Hall–Kier alpha value is -0.834. The summed E-state index contributed by atoms with van der Waals surface area (Å²) < 4.78 is 5.99. The molecule has 2 aromatic carbocycles. The van der Waals surface area contributed by atoms with Crippen molar-refractivity contribution in [1.82, 2.24) is 0 Å². The minimum atomic E-state index is 0. The fraction of sp³-hybridized carbons (Fsp3) is 0.304. The van der Waals surface area contributed by atoms with Gasteiger partial charge in [-0.3, -0.25) is 22.8 Å². The van der Waals surface area contributed by atoms with Gasteiger partial charge in [0.15, 0.2) is 0 Å². The number of rotatable bonds is 4. The van der Waals surface area contributed by atoms with E-state index in [0.29, 0.717) is 16.8 Å². The normalized spacial score (nSPS) is 13.3. The summed E-state index contributed by atoms with van der Waals surface area (Å²) in [4.78, 5) is 22.4. The van der Waals surface area contributed by atoms with E-state index in [9.17, 15) is 9.59 Å². The van der Waals surface area contributed by atoms with Gasteiger partial charge in [0.25, 0.3) is 0 Å². The molecule has 156 valence electrons. The molecule has 0 heterocycles. The number of carbonyl (C=O) groups is 1. The maximum absolute atomic E-state index is 12.1. The van der Waals surface area contributed by atoms with Crippen LogP contribution in [0.1, 0.15) is 42.4 Å². The van der Waals surface area contributed by atoms with Crippen molar-refractivity contribution in [2.24, 2.45) is 5.92 Å². The number of hydrogen-bond donors (Lipinski definition) is 2. The standard InChI is InChI=1S/C15H20NO2.C8H6BrNO.K/c1-11-8-9-13(10-14(11)18-2)16-15(17)12-6-4-3-5-7-12;1-5-6(4-11)2-7(10)3-8(5)9;/h3,8-10,12H,4-7H2,1-2H3,(H,16,17);2-3H,1,10H2;/q-1;-2;+1. The van der Waals surface area contributed by atoms with Gasteiger partial charge < -0.3 is 27.0 Å². The Morgan fingerprint density at radius 2 is 1.97 bits per heavy atom. The predicted octanol–water partition coefficient (Wildman–Crippen LogP) is 2.01. The molecular formula is C23H26BrKN2O3-2. The molecule has 0 atom stereocenters. The summed E-state index contributed by atoms with van der Waals surface area (Å²) in [6.07, 6.45) is 8.05. The van der Waals surface area contributed by atoms with E-state index in [2.05, 4.69) is 34.6 Å². The molecule has 3 rings (SSSR count). The SMILES string of the molecule is COc1cc(NC(=O)C2CC[CH-]CC2)ccc1C.[CH2-]c1c(Br)cc(N)cc1[C-]=O.[K+].